The third-order valence-corrected chi connectivity index (χ3v) is 5.31. The lowest BCUT2D eigenvalue weighted by molar-refractivity contribution is -0.0734. The molecular weight excluding hydrogens is 401 g/mol. The Balaban J connectivity index is 1.54. The van der Waals surface area contributed by atoms with Crippen LogP contribution in [0.4, 0.5) is 4.39 Å². The highest BCUT2D eigenvalue weighted by atomic mass is 19.1. The first-order valence-corrected chi connectivity index (χ1v) is 10.7. The normalized spacial score (nSPS) is 17.6. The zero-order chi connectivity index (χ0) is 21.8. The fourth-order valence-corrected chi connectivity index (χ4v) is 3.64. The van der Waals surface area contributed by atoms with Crippen molar-refractivity contribution in [3.8, 4) is 5.75 Å². The Morgan fingerprint density at radius 3 is 2.74 bits per heavy atom. The number of hydrogen-bond donors (Lipinski definition) is 2. The average Bonchev–Trinajstić information content (AvgIpc) is 3.34. The van der Waals surface area contributed by atoms with Crippen molar-refractivity contribution in [2.45, 2.75) is 52.4 Å². The van der Waals surface area contributed by atoms with E-state index in [1.807, 2.05) is 4.90 Å². The molecule has 1 fully saturated rings. The standard InChI is InChI=1S/C22H30FN5O3/c1-15(2)13-30-19-5-4-17(20(23)10-19)11-28(12-18-14-29-16(3)25-18)21-26-22(31-27-21)6-8-24-9-7-22/h4-5,10,14-15,24H,6-9,11-13H2,1-3H3,(H,26,27). The predicted octanol–water partition coefficient (Wildman–Crippen LogP) is 3.13. The number of nitrogens with one attached hydrogen (secondary N) is 2. The topological polar surface area (TPSA) is 84.2 Å². The maximum Gasteiger partial charge on any atom is 0.222 e. The Bertz CT molecular complexity index is 924. The molecule has 0 aliphatic carbocycles. The summed E-state index contributed by atoms with van der Waals surface area (Å²) in [6, 6.07) is 4.99. The minimum Gasteiger partial charge on any atom is -0.493 e. The molecule has 2 aliphatic rings. The van der Waals surface area contributed by atoms with E-state index in [0.717, 1.165) is 31.6 Å². The molecule has 2 N–H and O–H groups in total. The number of benzene rings is 1. The van der Waals surface area contributed by atoms with Gasteiger partial charge in [0.2, 0.25) is 5.96 Å². The summed E-state index contributed by atoms with van der Waals surface area (Å²) >= 11 is 0. The van der Waals surface area contributed by atoms with Crippen LogP contribution in [0.25, 0.3) is 0 Å². The maximum atomic E-state index is 14.9. The molecule has 8 nitrogen and oxygen atoms in total. The second-order valence-electron chi connectivity index (χ2n) is 8.51. The van der Waals surface area contributed by atoms with Gasteiger partial charge in [0.15, 0.2) is 11.6 Å². The van der Waals surface area contributed by atoms with Gasteiger partial charge >= 0.3 is 0 Å². The molecule has 9 heteroatoms. The number of hydroxylamine groups is 1. The van der Waals surface area contributed by atoms with E-state index in [1.165, 1.54) is 6.07 Å². The van der Waals surface area contributed by atoms with Crippen molar-refractivity contribution in [3.63, 3.8) is 0 Å². The smallest absolute Gasteiger partial charge is 0.222 e. The number of hydrogen-bond acceptors (Lipinski definition) is 8. The third-order valence-electron chi connectivity index (χ3n) is 5.31. The van der Waals surface area contributed by atoms with Gasteiger partial charge in [-0.2, -0.15) is 0 Å². The fraction of sp³-hybridized carbons (Fsp3) is 0.545. The number of aryl methyl sites for hydroxylation is 1. The summed E-state index contributed by atoms with van der Waals surface area (Å²) in [7, 11) is 0. The molecule has 0 bridgehead atoms. The Kier molecular flexibility index (Phi) is 6.43. The van der Waals surface area contributed by atoms with Crippen molar-refractivity contribution < 1.29 is 18.4 Å². The fourth-order valence-electron chi connectivity index (χ4n) is 3.64. The van der Waals surface area contributed by atoms with Crippen molar-refractivity contribution in [1.82, 2.24) is 20.7 Å². The van der Waals surface area contributed by atoms with Crippen LogP contribution in [-0.4, -0.2) is 41.3 Å². The van der Waals surface area contributed by atoms with Gasteiger partial charge < -0.3 is 19.4 Å². The van der Waals surface area contributed by atoms with E-state index in [4.69, 9.17) is 19.0 Å². The number of nitrogens with zero attached hydrogens (tertiary/aromatic N) is 3. The van der Waals surface area contributed by atoms with Gasteiger partial charge in [-0.1, -0.05) is 19.9 Å². The molecule has 1 aromatic carbocycles. The lowest BCUT2D eigenvalue weighted by atomic mass is 10.0. The molecule has 1 spiro atoms. The van der Waals surface area contributed by atoms with Crippen LogP contribution >= 0.6 is 0 Å². The third kappa shape index (κ3) is 5.34. The summed E-state index contributed by atoms with van der Waals surface area (Å²) < 4.78 is 25.9. The summed E-state index contributed by atoms with van der Waals surface area (Å²) in [6.45, 7) is 8.84. The van der Waals surface area contributed by atoms with Crippen LogP contribution in [-0.2, 0) is 17.9 Å². The van der Waals surface area contributed by atoms with Gasteiger partial charge in [-0.05, 0) is 25.1 Å². The molecule has 3 heterocycles. The monoisotopic (exact) mass is 431 g/mol. The summed E-state index contributed by atoms with van der Waals surface area (Å²) in [5.74, 6) is 1.74. The minimum absolute atomic E-state index is 0.297. The molecule has 1 aromatic heterocycles. The predicted molar refractivity (Wildman–Crippen MR) is 114 cm³/mol. The average molecular weight is 432 g/mol. The number of aromatic nitrogens is 1. The lowest BCUT2D eigenvalue weighted by Crippen LogP contribution is -2.42. The van der Waals surface area contributed by atoms with Crippen molar-refractivity contribution in [3.05, 3.63) is 47.4 Å². The molecule has 2 aliphatic heterocycles. The van der Waals surface area contributed by atoms with Gasteiger partial charge in [-0.3, -0.25) is 0 Å². The van der Waals surface area contributed by atoms with E-state index in [2.05, 4.69) is 29.6 Å². The molecular formula is C22H30FN5O3. The van der Waals surface area contributed by atoms with Crippen LogP contribution in [0.2, 0.25) is 0 Å². The van der Waals surface area contributed by atoms with E-state index in [0.29, 0.717) is 48.8 Å². The molecule has 4 rings (SSSR count). The highest BCUT2D eigenvalue weighted by Crippen LogP contribution is 2.29. The molecule has 0 radical (unpaired) electrons. The SMILES string of the molecule is Cc1nc(CN(Cc2ccc(OCC(C)C)cc2F)C2=NC3(CCNCC3)ON2)co1. The molecule has 1 saturated heterocycles. The zero-order valence-electron chi connectivity index (χ0n) is 18.3. The molecule has 168 valence electrons. The van der Waals surface area contributed by atoms with Gasteiger partial charge in [-0.25, -0.2) is 24.7 Å². The second-order valence-corrected chi connectivity index (χ2v) is 8.51. The Labute approximate surface area is 181 Å². The van der Waals surface area contributed by atoms with Crippen molar-refractivity contribution in [2.24, 2.45) is 10.9 Å². The molecule has 0 amide bonds. The number of aliphatic imine (C=N–C) groups is 1. The summed E-state index contributed by atoms with van der Waals surface area (Å²) in [4.78, 5) is 17.0. The van der Waals surface area contributed by atoms with Crippen LogP contribution in [0.3, 0.4) is 0 Å². The zero-order valence-corrected chi connectivity index (χ0v) is 18.3. The van der Waals surface area contributed by atoms with Gasteiger partial charge in [0.25, 0.3) is 0 Å². The quantitative estimate of drug-likeness (QED) is 0.697. The van der Waals surface area contributed by atoms with Gasteiger partial charge in [0, 0.05) is 37.9 Å². The van der Waals surface area contributed by atoms with Crippen LogP contribution < -0.4 is 15.5 Å². The van der Waals surface area contributed by atoms with Crippen molar-refractivity contribution in [1.29, 1.82) is 0 Å². The Hall–Kier alpha value is -2.65. The summed E-state index contributed by atoms with van der Waals surface area (Å²) in [5.41, 5.74) is 3.67. The maximum absolute atomic E-state index is 14.9. The van der Waals surface area contributed by atoms with Gasteiger partial charge in [-0.15, -0.1) is 0 Å². The molecule has 0 atom stereocenters. The molecule has 0 saturated carbocycles. The number of halogens is 1. The molecule has 0 unspecified atom stereocenters. The van der Waals surface area contributed by atoms with E-state index in [9.17, 15) is 4.39 Å². The number of oxazole rings is 1. The first kappa shape index (κ1) is 21.6. The summed E-state index contributed by atoms with van der Waals surface area (Å²) in [6.07, 6.45) is 3.16. The highest BCUT2D eigenvalue weighted by Gasteiger charge is 2.39. The number of guanidine groups is 1. The Morgan fingerprint density at radius 1 is 1.26 bits per heavy atom. The highest BCUT2D eigenvalue weighted by molar-refractivity contribution is 5.80. The van der Waals surface area contributed by atoms with Crippen LogP contribution in [0.5, 0.6) is 5.75 Å². The molecule has 2 aromatic rings. The lowest BCUT2D eigenvalue weighted by Gasteiger charge is -2.28. The van der Waals surface area contributed by atoms with Crippen molar-refractivity contribution in [2.75, 3.05) is 19.7 Å². The first-order chi connectivity index (χ1) is 14.9. The summed E-state index contributed by atoms with van der Waals surface area (Å²) in [5, 5.41) is 3.32. The number of rotatable bonds is 7. The second kappa shape index (κ2) is 9.23. The number of piperidine rings is 1. The minimum atomic E-state index is -0.578. The van der Waals surface area contributed by atoms with E-state index in [1.54, 1.807) is 25.3 Å². The van der Waals surface area contributed by atoms with E-state index in [-0.39, 0.29) is 5.82 Å². The van der Waals surface area contributed by atoms with E-state index >= 15 is 0 Å². The first-order valence-electron chi connectivity index (χ1n) is 10.7. The number of ether oxygens (including phenoxy) is 1. The Morgan fingerprint density at radius 2 is 2.06 bits per heavy atom. The van der Waals surface area contributed by atoms with E-state index < -0.39 is 5.72 Å². The molecule has 31 heavy (non-hydrogen) atoms. The van der Waals surface area contributed by atoms with Gasteiger partial charge in [0.05, 0.1) is 18.8 Å². The van der Waals surface area contributed by atoms with Crippen LogP contribution in [0.15, 0.2) is 33.9 Å². The van der Waals surface area contributed by atoms with Crippen molar-refractivity contribution >= 4 is 5.96 Å². The largest absolute Gasteiger partial charge is 0.493 e. The van der Waals surface area contributed by atoms with Gasteiger partial charge in [0.1, 0.15) is 17.8 Å². The van der Waals surface area contributed by atoms with Crippen LogP contribution in [0.1, 0.15) is 43.8 Å². The van der Waals surface area contributed by atoms with Crippen LogP contribution in [0, 0.1) is 18.7 Å².